The van der Waals surface area contributed by atoms with E-state index in [2.05, 4.69) is 26.1 Å². The monoisotopic (exact) mass is 615 g/mol. The maximum Gasteiger partial charge on any atom is 0.261 e. The van der Waals surface area contributed by atoms with Gasteiger partial charge in [-0.2, -0.15) is 0 Å². The number of furan rings is 1. The number of carbonyl (C=O) groups is 2. The molecule has 2 aliphatic heterocycles. The van der Waals surface area contributed by atoms with Crippen molar-refractivity contribution < 1.29 is 27.2 Å². The quantitative estimate of drug-likeness (QED) is 0.334. The number of carbonyl (C=O) groups excluding carboxylic acids is 2. The molecule has 10 heteroatoms. The van der Waals surface area contributed by atoms with Crippen molar-refractivity contribution in [3.05, 3.63) is 51.9 Å². The molecular weight excluding hydrogens is 587 g/mol. The van der Waals surface area contributed by atoms with Crippen LogP contribution in [0.5, 0.6) is 0 Å². The maximum atomic E-state index is 15.5. The minimum atomic E-state index is -2.85. The number of nitrogens with one attached hydrogen (secondary N) is 1. The van der Waals surface area contributed by atoms with Gasteiger partial charge in [0.05, 0.1) is 23.1 Å². The fourth-order valence-electron chi connectivity index (χ4n) is 7.08. The zero-order valence-electron chi connectivity index (χ0n) is 22.1. The summed E-state index contributed by atoms with van der Waals surface area (Å²) in [7, 11) is 1.47. The topological polar surface area (TPSA) is 65.8 Å². The number of hydrogen-bond donors (Lipinski definition) is 1. The van der Waals surface area contributed by atoms with Crippen molar-refractivity contribution >= 4 is 55.8 Å². The van der Waals surface area contributed by atoms with E-state index in [4.69, 9.17) is 4.42 Å². The average Bonchev–Trinajstić information content (AvgIpc) is 3.40. The third kappa shape index (κ3) is 3.89. The van der Waals surface area contributed by atoms with Gasteiger partial charge in [-0.3, -0.25) is 9.59 Å². The lowest BCUT2D eigenvalue weighted by Gasteiger charge is -2.36. The fourth-order valence-corrected chi connectivity index (χ4v) is 7.61. The van der Waals surface area contributed by atoms with Gasteiger partial charge in [-0.25, -0.2) is 13.2 Å². The molecule has 0 atom stereocenters. The lowest BCUT2D eigenvalue weighted by Crippen LogP contribution is -2.44. The highest BCUT2D eigenvalue weighted by molar-refractivity contribution is 9.10. The molecule has 2 aliphatic carbocycles. The first-order valence-corrected chi connectivity index (χ1v) is 14.6. The Morgan fingerprint density at radius 3 is 2.40 bits per heavy atom. The summed E-state index contributed by atoms with van der Waals surface area (Å²) in [6.45, 7) is 1.65. The van der Waals surface area contributed by atoms with Crippen LogP contribution in [0.3, 0.4) is 0 Å². The molecule has 0 radical (unpaired) electrons. The van der Waals surface area contributed by atoms with Gasteiger partial charge >= 0.3 is 0 Å². The molecule has 6 nitrogen and oxygen atoms in total. The first-order valence-electron chi connectivity index (χ1n) is 13.8. The second-order valence-electron chi connectivity index (χ2n) is 12.0. The number of piperidine rings is 1. The number of halogens is 4. The summed E-state index contributed by atoms with van der Waals surface area (Å²) in [5.74, 6) is -4.37. The number of hydrogen-bond acceptors (Lipinski definition) is 4. The van der Waals surface area contributed by atoms with Gasteiger partial charge in [-0.05, 0) is 89.7 Å². The summed E-state index contributed by atoms with van der Waals surface area (Å²) in [5, 5.41) is 3.60. The molecule has 0 unspecified atom stereocenters. The van der Waals surface area contributed by atoms with Crippen LogP contribution in [-0.2, 0) is 10.2 Å². The standard InChI is InChI=1S/C30H29BrF3N3O3/c1-36-24-19(29(27(36)39)5-7-30(33,34)8-6-29)14-17(15-21(24)32)35-26(38)23-22(16-20(31)18-2-13-40-25(18)23)37-11-9-28(3-4-28)10-12-37/h2,13-16H,3-12H2,1H3,(H,35,38). The SMILES string of the molecule is CN1C(=O)C2(CCC(F)(F)CC2)c2cc(NC(=O)c3c(N4CCC5(CC4)CC5)cc(Br)c4ccoc34)cc(F)c21. The third-order valence-corrected chi connectivity index (χ3v) is 10.4. The second-order valence-corrected chi connectivity index (χ2v) is 12.9. The Hall–Kier alpha value is -3.01. The smallest absolute Gasteiger partial charge is 0.261 e. The Balaban J connectivity index is 1.26. The van der Waals surface area contributed by atoms with Crippen molar-refractivity contribution in [1.29, 1.82) is 0 Å². The first kappa shape index (κ1) is 25.9. The Bertz CT molecular complexity index is 1560. The number of alkyl halides is 2. The third-order valence-electron chi connectivity index (χ3n) is 9.74. The van der Waals surface area contributed by atoms with Gasteiger partial charge in [-0.1, -0.05) is 0 Å². The largest absolute Gasteiger partial charge is 0.463 e. The minimum Gasteiger partial charge on any atom is -0.463 e. The molecule has 3 heterocycles. The highest BCUT2D eigenvalue weighted by Crippen LogP contribution is 2.55. The van der Waals surface area contributed by atoms with E-state index in [9.17, 15) is 18.4 Å². The van der Waals surface area contributed by atoms with E-state index in [0.717, 1.165) is 41.5 Å². The van der Waals surface area contributed by atoms with Gasteiger partial charge in [0.2, 0.25) is 11.8 Å². The van der Waals surface area contributed by atoms with Crippen LogP contribution in [0.1, 0.15) is 67.3 Å². The van der Waals surface area contributed by atoms with Crippen LogP contribution in [0.25, 0.3) is 11.0 Å². The molecule has 3 aromatic rings. The summed E-state index contributed by atoms with van der Waals surface area (Å²) < 4.78 is 50.2. The van der Waals surface area contributed by atoms with Crippen molar-refractivity contribution in [2.45, 2.75) is 62.7 Å². The number of benzene rings is 2. The van der Waals surface area contributed by atoms with E-state index in [1.165, 1.54) is 37.1 Å². The van der Waals surface area contributed by atoms with Crippen LogP contribution in [0, 0.1) is 11.2 Å². The summed E-state index contributed by atoms with van der Waals surface area (Å²) in [6.07, 6.45) is 5.15. The summed E-state index contributed by atoms with van der Waals surface area (Å²) >= 11 is 3.62. The molecule has 210 valence electrons. The van der Waals surface area contributed by atoms with Crippen LogP contribution in [-0.4, -0.2) is 37.9 Å². The number of nitrogens with zero attached hydrogens (tertiary/aromatic N) is 2. The van der Waals surface area contributed by atoms with Crippen molar-refractivity contribution in [1.82, 2.24) is 0 Å². The molecule has 3 fully saturated rings. The minimum absolute atomic E-state index is 0.0760. The molecule has 2 amide bonds. The van der Waals surface area contributed by atoms with Crippen molar-refractivity contribution in [2.24, 2.45) is 5.41 Å². The molecule has 2 spiro atoms. The predicted molar refractivity (Wildman–Crippen MR) is 150 cm³/mol. The van der Waals surface area contributed by atoms with Gasteiger partial charge < -0.3 is 19.5 Å². The highest BCUT2D eigenvalue weighted by Gasteiger charge is 2.55. The zero-order valence-corrected chi connectivity index (χ0v) is 23.7. The van der Waals surface area contributed by atoms with E-state index in [1.54, 1.807) is 12.1 Å². The molecule has 40 heavy (non-hydrogen) atoms. The number of likely N-dealkylation sites (N-methyl/N-ethyl adjacent to an activating group) is 1. The second kappa shape index (κ2) is 8.74. The first-order chi connectivity index (χ1) is 19.0. The van der Waals surface area contributed by atoms with Gasteiger partial charge in [0, 0.05) is 48.5 Å². The summed E-state index contributed by atoms with van der Waals surface area (Å²) in [6, 6.07) is 6.49. The molecule has 1 saturated heterocycles. The van der Waals surface area contributed by atoms with E-state index in [-0.39, 0.29) is 30.1 Å². The molecule has 0 bridgehead atoms. The number of anilines is 3. The lowest BCUT2D eigenvalue weighted by molar-refractivity contribution is -0.127. The summed E-state index contributed by atoms with van der Waals surface area (Å²) in [4.78, 5) is 30.6. The average molecular weight is 616 g/mol. The Kier molecular flexibility index (Phi) is 5.67. The van der Waals surface area contributed by atoms with Crippen molar-refractivity contribution in [2.75, 3.05) is 35.3 Å². The van der Waals surface area contributed by atoms with Gasteiger partial charge in [-0.15, -0.1) is 0 Å². The molecule has 7 rings (SSSR count). The Morgan fingerprint density at radius 1 is 1.02 bits per heavy atom. The molecule has 1 N–H and O–H groups in total. The van der Waals surface area contributed by atoms with E-state index < -0.39 is 35.9 Å². The highest BCUT2D eigenvalue weighted by atomic mass is 79.9. The molecule has 1 aromatic heterocycles. The molecule has 4 aliphatic rings. The van der Waals surface area contributed by atoms with Crippen molar-refractivity contribution in [3.63, 3.8) is 0 Å². The van der Waals surface area contributed by atoms with E-state index in [0.29, 0.717) is 22.1 Å². The molecule has 2 saturated carbocycles. The van der Waals surface area contributed by atoms with Gasteiger partial charge in [0.15, 0.2) is 0 Å². The number of fused-ring (bicyclic) bond motifs is 3. The van der Waals surface area contributed by atoms with Crippen LogP contribution in [0.2, 0.25) is 0 Å². The lowest BCUT2D eigenvalue weighted by atomic mass is 9.69. The van der Waals surface area contributed by atoms with Crippen molar-refractivity contribution in [3.8, 4) is 0 Å². The van der Waals surface area contributed by atoms with Crippen LogP contribution in [0.4, 0.5) is 30.2 Å². The molecule has 2 aromatic carbocycles. The number of amides is 2. The molecular formula is C30H29BrF3N3O3. The van der Waals surface area contributed by atoms with Crippen LogP contribution < -0.4 is 15.1 Å². The van der Waals surface area contributed by atoms with E-state index in [1.807, 2.05) is 6.07 Å². The van der Waals surface area contributed by atoms with Gasteiger partial charge in [0.25, 0.3) is 5.91 Å². The Morgan fingerprint density at radius 2 is 1.73 bits per heavy atom. The number of rotatable bonds is 3. The maximum absolute atomic E-state index is 15.5. The normalized spacial score (nSPS) is 22.3. The zero-order chi connectivity index (χ0) is 28.0. The summed E-state index contributed by atoms with van der Waals surface area (Å²) in [5.41, 5.74) is 1.37. The Labute approximate surface area is 238 Å². The van der Waals surface area contributed by atoms with Crippen LogP contribution >= 0.6 is 15.9 Å². The predicted octanol–water partition coefficient (Wildman–Crippen LogP) is 7.39. The van der Waals surface area contributed by atoms with E-state index >= 15 is 4.39 Å². The fraction of sp³-hybridized carbons (Fsp3) is 0.467. The van der Waals surface area contributed by atoms with Gasteiger partial charge in [0.1, 0.15) is 17.0 Å². The van der Waals surface area contributed by atoms with Crippen LogP contribution in [0.15, 0.2) is 39.4 Å².